The van der Waals surface area contributed by atoms with Gasteiger partial charge in [0.25, 0.3) is 11.6 Å². The number of non-ortho nitro benzene ring substituents is 1. The number of nitrogens with zero attached hydrogens (tertiary/aromatic N) is 2. The Morgan fingerprint density at radius 3 is 2.61 bits per heavy atom. The van der Waals surface area contributed by atoms with Crippen LogP contribution in [0.5, 0.6) is 0 Å². The lowest BCUT2D eigenvalue weighted by Gasteiger charge is -2.19. The van der Waals surface area contributed by atoms with Crippen LogP contribution in [0.2, 0.25) is 0 Å². The molecule has 120 valence electrons. The second-order valence-corrected chi connectivity index (χ2v) is 5.55. The van der Waals surface area contributed by atoms with Crippen molar-refractivity contribution in [3.8, 4) is 0 Å². The molecule has 1 aromatic carbocycles. The van der Waals surface area contributed by atoms with Gasteiger partial charge in [0.2, 0.25) is 5.91 Å². The van der Waals surface area contributed by atoms with Crippen molar-refractivity contribution in [2.75, 3.05) is 0 Å². The summed E-state index contributed by atoms with van der Waals surface area (Å²) >= 11 is 0.801. The summed E-state index contributed by atoms with van der Waals surface area (Å²) in [5, 5.41) is 24.4. The zero-order chi connectivity index (χ0) is 17.0. The Hall–Kier alpha value is -2.95. The van der Waals surface area contributed by atoms with E-state index >= 15 is 0 Å². The van der Waals surface area contributed by atoms with Crippen molar-refractivity contribution in [2.45, 2.75) is 11.7 Å². The maximum atomic E-state index is 11.8. The van der Waals surface area contributed by atoms with Crippen molar-refractivity contribution in [3.63, 3.8) is 0 Å². The predicted molar refractivity (Wildman–Crippen MR) is 79.8 cm³/mol. The molecule has 0 radical (unpaired) electrons. The normalized spacial score (nSPS) is 19.0. The molecule has 2 rings (SSSR count). The second-order valence-electron chi connectivity index (χ2n) is 4.36. The van der Waals surface area contributed by atoms with E-state index < -0.39 is 28.0 Å². The van der Waals surface area contributed by atoms with Gasteiger partial charge in [0.15, 0.2) is 5.17 Å². The molecule has 11 heteroatoms. The third-order valence-corrected chi connectivity index (χ3v) is 3.82. The van der Waals surface area contributed by atoms with Gasteiger partial charge in [0, 0.05) is 24.1 Å². The zero-order valence-electron chi connectivity index (χ0n) is 11.4. The number of carbonyl (C=O) groups excluding carboxylic acids is 2. The van der Waals surface area contributed by atoms with Crippen molar-refractivity contribution in [1.82, 2.24) is 10.7 Å². The molecule has 23 heavy (non-hydrogen) atoms. The summed E-state index contributed by atoms with van der Waals surface area (Å²) in [4.78, 5) is 44.0. The van der Waals surface area contributed by atoms with E-state index in [-0.39, 0.29) is 22.8 Å². The van der Waals surface area contributed by atoms with Gasteiger partial charge >= 0.3 is 5.97 Å². The first-order valence-electron chi connectivity index (χ1n) is 6.18. The average molecular weight is 338 g/mol. The Morgan fingerprint density at radius 2 is 2.04 bits per heavy atom. The number of amidine groups is 1. The van der Waals surface area contributed by atoms with Crippen molar-refractivity contribution in [3.05, 3.63) is 39.9 Å². The summed E-state index contributed by atoms with van der Waals surface area (Å²) in [6.07, 6.45) is -0.185. The standard InChI is InChI=1S/C12H10N4O6S/c17-9-5-8(11(19)20)23-12(13-9)15-14-10(18)6-1-3-7(4-2-6)16(21)22/h1-4,8H,5H2,(H,14,18)(H,19,20)(H,13,15,17). The van der Waals surface area contributed by atoms with E-state index in [9.17, 15) is 24.5 Å². The fraction of sp³-hybridized carbons (Fsp3) is 0.167. The molecule has 0 aliphatic carbocycles. The number of nitro groups is 1. The summed E-state index contributed by atoms with van der Waals surface area (Å²) in [7, 11) is 0. The number of carbonyl (C=O) groups is 3. The van der Waals surface area contributed by atoms with Crippen LogP contribution in [0, 0.1) is 10.1 Å². The van der Waals surface area contributed by atoms with Crippen molar-refractivity contribution in [1.29, 1.82) is 0 Å². The molecule has 1 atom stereocenters. The number of aliphatic carboxylic acids is 1. The summed E-state index contributed by atoms with van der Waals surface area (Å²) in [6.45, 7) is 0. The Bertz CT molecular complexity index is 702. The summed E-state index contributed by atoms with van der Waals surface area (Å²) in [5.74, 6) is -2.32. The van der Waals surface area contributed by atoms with E-state index in [1.54, 1.807) is 0 Å². The molecule has 0 bridgehead atoms. The number of benzene rings is 1. The number of hydrogen-bond donors (Lipinski definition) is 3. The van der Waals surface area contributed by atoms with Gasteiger partial charge in [0.1, 0.15) is 5.25 Å². The molecule has 1 heterocycles. The molecule has 0 aromatic heterocycles. The van der Waals surface area contributed by atoms with E-state index in [0.717, 1.165) is 11.8 Å². The van der Waals surface area contributed by atoms with Crippen LogP contribution in [0.15, 0.2) is 29.4 Å². The number of carboxylic acid groups (broad SMARTS) is 1. The Balaban J connectivity index is 2.03. The molecule has 1 fully saturated rings. The molecule has 1 aliphatic heterocycles. The number of nitrogens with one attached hydrogen (secondary N) is 2. The summed E-state index contributed by atoms with van der Waals surface area (Å²) < 4.78 is 0. The Kier molecular flexibility index (Phi) is 4.91. The smallest absolute Gasteiger partial charge is 0.317 e. The minimum atomic E-state index is -1.15. The van der Waals surface area contributed by atoms with Crippen molar-refractivity contribution in [2.24, 2.45) is 5.10 Å². The molecule has 10 nitrogen and oxygen atoms in total. The fourth-order valence-corrected chi connectivity index (χ4v) is 2.51. The molecule has 0 spiro atoms. The number of hydrogen-bond acceptors (Lipinski definition) is 7. The fourth-order valence-electron chi connectivity index (χ4n) is 1.64. The van der Waals surface area contributed by atoms with E-state index in [0.29, 0.717) is 0 Å². The number of carboxylic acids is 1. The molecule has 1 saturated heterocycles. The molecular weight excluding hydrogens is 328 g/mol. The van der Waals surface area contributed by atoms with Crippen LogP contribution in [0.4, 0.5) is 5.69 Å². The van der Waals surface area contributed by atoms with Crippen molar-refractivity contribution < 1.29 is 24.4 Å². The highest BCUT2D eigenvalue weighted by Crippen LogP contribution is 2.20. The van der Waals surface area contributed by atoms with Gasteiger partial charge in [-0.15, -0.1) is 5.10 Å². The summed E-state index contributed by atoms with van der Waals surface area (Å²) in [5.41, 5.74) is 2.11. The van der Waals surface area contributed by atoms with Gasteiger partial charge in [-0.25, -0.2) is 5.43 Å². The number of thioether (sulfide) groups is 1. The molecule has 2 amide bonds. The van der Waals surface area contributed by atoms with Crippen LogP contribution >= 0.6 is 11.8 Å². The first-order chi connectivity index (χ1) is 10.9. The largest absolute Gasteiger partial charge is 0.480 e. The molecule has 1 unspecified atom stereocenters. The van der Waals surface area contributed by atoms with Crippen LogP contribution in [0.1, 0.15) is 16.8 Å². The van der Waals surface area contributed by atoms with Gasteiger partial charge in [-0.05, 0) is 12.1 Å². The Morgan fingerprint density at radius 1 is 1.39 bits per heavy atom. The minimum absolute atomic E-state index is 0.0380. The van der Waals surface area contributed by atoms with Crippen LogP contribution in [-0.4, -0.2) is 38.2 Å². The number of rotatable bonds is 4. The van der Waals surface area contributed by atoms with Gasteiger partial charge in [-0.3, -0.25) is 24.5 Å². The highest BCUT2D eigenvalue weighted by Gasteiger charge is 2.30. The third kappa shape index (κ3) is 4.26. The lowest BCUT2D eigenvalue weighted by atomic mass is 10.2. The van der Waals surface area contributed by atoms with Gasteiger partial charge in [-0.1, -0.05) is 11.8 Å². The maximum Gasteiger partial charge on any atom is 0.317 e. The molecule has 3 N–H and O–H groups in total. The molecular formula is C12H10N4O6S. The monoisotopic (exact) mass is 338 g/mol. The molecule has 1 aromatic rings. The number of nitro benzene ring substituents is 1. The maximum absolute atomic E-state index is 11.8. The van der Waals surface area contributed by atoms with Crippen LogP contribution in [0.25, 0.3) is 0 Å². The van der Waals surface area contributed by atoms with Crippen molar-refractivity contribution >= 4 is 40.4 Å². The average Bonchev–Trinajstić information content (AvgIpc) is 2.52. The first-order valence-corrected chi connectivity index (χ1v) is 7.06. The highest BCUT2D eigenvalue weighted by atomic mass is 32.2. The predicted octanol–water partition coefficient (Wildman–Crippen LogP) is 0.302. The SMILES string of the molecule is O=C1CC(C(=O)O)S/C(=N/NC(=O)c2ccc([N+](=O)[O-])cc2)N1. The second kappa shape index (κ2) is 6.87. The van der Waals surface area contributed by atoms with Crippen LogP contribution in [-0.2, 0) is 9.59 Å². The lowest BCUT2D eigenvalue weighted by molar-refractivity contribution is -0.384. The van der Waals surface area contributed by atoms with E-state index in [2.05, 4.69) is 15.8 Å². The lowest BCUT2D eigenvalue weighted by Crippen LogP contribution is -2.41. The third-order valence-electron chi connectivity index (χ3n) is 2.75. The number of amides is 2. The number of hydrazone groups is 1. The Labute approximate surface area is 133 Å². The van der Waals surface area contributed by atoms with Crippen LogP contribution in [0.3, 0.4) is 0 Å². The van der Waals surface area contributed by atoms with Gasteiger partial charge in [-0.2, -0.15) is 0 Å². The zero-order valence-corrected chi connectivity index (χ0v) is 12.2. The summed E-state index contributed by atoms with van der Waals surface area (Å²) in [6, 6.07) is 4.83. The molecule has 1 aliphatic rings. The first kappa shape index (κ1) is 16.4. The molecule has 0 saturated carbocycles. The van der Waals surface area contributed by atoms with Crippen LogP contribution < -0.4 is 10.7 Å². The van der Waals surface area contributed by atoms with Gasteiger partial charge < -0.3 is 10.4 Å². The van der Waals surface area contributed by atoms with E-state index in [1.165, 1.54) is 24.3 Å². The van der Waals surface area contributed by atoms with E-state index in [1.807, 2.05) is 0 Å². The van der Waals surface area contributed by atoms with Gasteiger partial charge in [0.05, 0.1) is 4.92 Å². The minimum Gasteiger partial charge on any atom is -0.480 e. The van der Waals surface area contributed by atoms with E-state index in [4.69, 9.17) is 5.11 Å². The highest BCUT2D eigenvalue weighted by molar-refractivity contribution is 8.15. The quantitative estimate of drug-likeness (QED) is 0.527. The topological polar surface area (TPSA) is 151 Å².